The van der Waals surface area contributed by atoms with Gasteiger partial charge in [0.1, 0.15) is 0 Å². The van der Waals surface area contributed by atoms with Gasteiger partial charge in [0.15, 0.2) is 5.78 Å². The first-order valence-corrected chi connectivity index (χ1v) is 8.89. The molecule has 24 heavy (non-hydrogen) atoms. The van der Waals surface area contributed by atoms with E-state index in [1.165, 1.54) is 31.2 Å². The largest absolute Gasteiger partial charge is 0.295 e. The van der Waals surface area contributed by atoms with Crippen molar-refractivity contribution in [1.82, 2.24) is 9.71 Å². The summed E-state index contributed by atoms with van der Waals surface area (Å²) in [6, 6.07) is 17.2. The molecule has 0 saturated heterocycles. The van der Waals surface area contributed by atoms with Crippen LogP contribution in [0.5, 0.6) is 0 Å². The summed E-state index contributed by atoms with van der Waals surface area (Å²) in [5.74, 6) is -0.104. The predicted molar refractivity (Wildman–Crippen MR) is 92.2 cm³/mol. The van der Waals surface area contributed by atoms with Gasteiger partial charge in [-0.25, -0.2) is 13.1 Å². The molecule has 0 saturated carbocycles. The third-order valence-electron chi connectivity index (χ3n) is 3.67. The van der Waals surface area contributed by atoms with Gasteiger partial charge in [-0.2, -0.15) is 0 Å². The van der Waals surface area contributed by atoms with Crippen molar-refractivity contribution in [2.24, 2.45) is 0 Å². The predicted octanol–water partition coefficient (Wildman–Crippen LogP) is 2.92. The van der Waals surface area contributed by atoms with E-state index in [0.29, 0.717) is 11.3 Å². The second-order valence-corrected chi connectivity index (χ2v) is 7.17. The Bertz CT molecular complexity index is 996. The fourth-order valence-electron chi connectivity index (χ4n) is 2.33. The fraction of sp³-hybridized carbons (Fsp3) is 0.111. The first-order valence-electron chi connectivity index (χ1n) is 7.41. The molecular weight excluding hydrogens is 324 g/mol. The van der Waals surface area contributed by atoms with E-state index in [0.717, 1.165) is 10.9 Å². The van der Waals surface area contributed by atoms with Crippen LogP contribution in [0.25, 0.3) is 10.9 Å². The molecule has 122 valence electrons. The van der Waals surface area contributed by atoms with Crippen molar-refractivity contribution in [1.29, 1.82) is 0 Å². The minimum Gasteiger partial charge on any atom is -0.295 e. The van der Waals surface area contributed by atoms with Crippen LogP contribution >= 0.6 is 0 Å². The molecule has 0 aliphatic rings. The van der Waals surface area contributed by atoms with Gasteiger partial charge in [-0.1, -0.05) is 36.4 Å². The van der Waals surface area contributed by atoms with Crippen molar-refractivity contribution < 1.29 is 13.2 Å². The number of hydrogen-bond donors (Lipinski definition) is 1. The molecule has 3 rings (SSSR count). The van der Waals surface area contributed by atoms with E-state index in [-0.39, 0.29) is 17.2 Å². The molecule has 1 heterocycles. The first-order chi connectivity index (χ1) is 11.5. The SMILES string of the molecule is CC(=O)c1ccc(S(=O)(=O)NCc2ccc3ccccc3n2)cc1. The van der Waals surface area contributed by atoms with Gasteiger partial charge in [-0.3, -0.25) is 9.78 Å². The van der Waals surface area contributed by atoms with Crippen LogP contribution in [0.15, 0.2) is 65.6 Å². The lowest BCUT2D eigenvalue weighted by Gasteiger charge is -2.08. The number of nitrogens with zero attached hydrogens (tertiary/aromatic N) is 1. The number of aromatic nitrogens is 1. The van der Waals surface area contributed by atoms with Crippen LogP contribution in [0.2, 0.25) is 0 Å². The Morgan fingerprint density at radius 3 is 2.42 bits per heavy atom. The summed E-state index contributed by atoms with van der Waals surface area (Å²) in [4.78, 5) is 15.8. The van der Waals surface area contributed by atoms with E-state index in [4.69, 9.17) is 0 Å². The minimum absolute atomic E-state index is 0.0988. The molecule has 2 aromatic carbocycles. The highest BCUT2D eigenvalue weighted by Crippen LogP contribution is 2.14. The zero-order valence-electron chi connectivity index (χ0n) is 13.1. The first kappa shape index (κ1) is 16.3. The van der Waals surface area contributed by atoms with Crippen molar-refractivity contribution in [3.05, 3.63) is 71.9 Å². The Labute approximate surface area is 140 Å². The molecule has 0 aliphatic carbocycles. The Hall–Kier alpha value is -2.57. The van der Waals surface area contributed by atoms with Gasteiger partial charge in [0.25, 0.3) is 0 Å². The maximum absolute atomic E-state index is 12.3. The highest BCUT2D eigenvalue weighted by molar-refractivity contribution is 7.89. The summed E-state index contributed by atoms with van der Waals surface area (Å²) >= 11 is 0. The summed E-state index contributed by atoms with van der Waals surface area (Å²) in [7, 11) is -3.66. The zero-order valence-corrected chi connectivity index (χ0v) is 13.9. The highest BCUT2D eigenvalue weighted by Gasteiger charge is 2.14. The van der Waals surface area contributed by atoms with Crippen LogP contribution in [-0.4, -0.2) is 19.2 Å². The van der Waals surface area contributed by atoms with E-state index < -0.39 is 10.0 Å². The Kier molecular flexibility index (Phi) is 4.42. The van der Waals surface area contributed by atoms with E-state index in [1.807, 2.05) is 30.3 Å². The van der Waals surface area contributed by atoms with Gasteiger partial charge in [-0.15, -0.1) is 0 Å². The molecule has 5 nitrogen and oxygen atoms in total. The number of ketones is 1. The van der Waals surface area contributed by atoms with Gasteiger partial charge >= 0.3 is 0 Å². The van der Waals surface area contributed by atoms with Crippen molar-refractivity contribution in [3.8, 4) is 0 Å². The molecule has 0 unspecified atom stereocenters. The van der Waals surface area contributed by atoms with Crippen molar-refractivity contribution in [2.45, 2.75) is 18.4 Å². The smallest absolute Gasteiger partial charge is 0.240 e. The Balaban J connectivity index is 1.77. The number of nitrogens with one attached hydrogen (secondary N) is 1. The third-order valence-corrected chi connectivity index (χ3v) is 5.09. The molecule has 6 heteroatoms. The molecule has 3 aromatic rings. The van der Waals surface area contributed by atoms with Crippen LogP contribution < -0.4 is 4.72 Å². The number of benzene rings is 2. The molecule has 0 bridgehead atoms. The van der Waals surface area contributed by atoms with Crippen molar-refractivity contribution >= 4 is 26.7 Å². The summed E-state index contributed by atoms with van der Waals surface area (Å²) in [5.41, 5.74) is 1.93. The lowest BCUT2D eigenvalue weighted by Crippen LogP contribution is -2.23. The van der Waals surface area contributed by atoms with Crippen LogP contribution in [-0.2, 0) is 16.6 Å². The van der Waals surface area contributed by atoms with Crippen LogP contribution in [0.1, 0.15) is 23.0 Å². The normalized spacial score (nSPS) is 11.5. The summed E-state index contributed by atoms with van der Waals surface area (Å²) in [5, 5.41) is 1.00. The lowest BCUT2D eigenvalue weighted by atomic mass is 10.2. The molecule has 0 fully saturated rings. The summed E-state index contributed by atoms with van der Waals surface area (Å²) in [6.07, 6.45) is 0. The van der Waals surface area contributed by atoms with Gasteiger partial charge < -0.3 is 0 Å². The Morgan fingerprint density at radius 2 is 1.71 bits per heavy atom. The highest BCUT2D eigenvalue weighted by atomic mass is 32.2. The summed E-state index contributed by atoms with van der Waals surface area (Å²) in [6.45, 7) is 1.54. The van der Waals surface area contributed by atoms with Gasteiger partial charge in [0.2, 0.25) is 10.0 Å². The molecule has 1 N–H and O–H groups in total. The number of Topliss-reactive ketones (excluding diaryl/α,β-unsaturated/α-hetero) is 1. The third kappa shape index (κ3) is 3.50. The molecule has 0 spiro atoms. The number of carbonyl (C=O) groups excluding carboxylic acids is 1. The molecule has 0 aliphatic heterocycles. The standard InChI is InChI=1S/C18H16N2O3S/c1-13(21)14-7-10-17(11-8-14)24(22,23)19-12-16-9-6-15-4-2-3-5-18(15)20-16/h2-11,19H,12H2,1H3. The number of hydrogen-bond acceptors (Lipinski definition) is 4. The molecule has 1 aromatic heterocycles. The number of para-hydroxylation sites is 1. The van der Waals surface area contributed by atoms with Crippen LogP contribution in [0.4, 0.5) is 0 Å². The molecule has 0 amide bonds. The monoisotopic (exact) mass is 340 g/mol. The lowest BCUT2D eigenvalue weighted by molar-refractivity contribution is 0.101. The zero-order chi connectivity index (χ0) is 17.2. The summed E-state index contributed by atoms with van der Waals surface area (Å²) < 4.78 is 27.2. The van der Waals surface area contributed by atoms with Crippen molar-refractivity contribution in [3.63, 3.8) is 0 Å². The minimum atomic E-state index is -3.66. The maximum Gasteiger partial charge on any atom is 0.240 e. The second kappa shape index (κ2) is 6.51. The van der Waals surface area contributed by atoms with Crippen molar-refractivity contribution in [2.75, 3.05) is 0 Å². The number of sulfonamides is 1. The van der Waals surface area contributed by atoms with E-state index >= 15 is 0 Å². The topological polar surface area (TPSA) is 76.1 Å². The quantitative estimate of drug-likeness (QED) is 0.725. The van der Waals surface area contributed by atoms with Gasteiger partial charge in [-0.05, 0) is 31.2 Å². The second-order valence-electron chi connectivity index (χ2n) is 5.40. The molecule has 0 radical (unpaired) electrons. The molecule has 0 atom stereocenters. The fourth-order valence-corrected chi connectivity index (χ4v) is 3.33. The average Bonchev–Trinajstić information content (AvgIpc) is 2.60. The van der Waals surface area contributed by atoms with E-state index in [2.05, 4.69) is 9.71 Å². The average molecular weight is 340 g/mol. The maximum atomic E-state index is 12.3. The van der Waals surface area contributed by atoms with E-state index in [1.54, 1.807) is 6.07 Å². The van der Waals surface area contributed by atoms with Crippen LogP contribution in [0, 0.1) is 0 Å². The number of pyridine rings is 1. The van der Waals surface area contributed by atoms with Gasteiger partial charge in [0, 0.05) is 10.9 Å². The van der Waals surface area contributed by atoms with Crippen LogP contribution in [0.3, 0.4) is 0 Å². The molecular formula is C18H16N2O3S. The Morgan fingerprint density at radius 1 is 1.00 bits per heavy atom. The number of rotatable bonds is 5. The number of carbonyl (C=O) groups is 1. The number of fused-ring (bicyclic) bond motifs is 1. The van der Waals surface area contributed by atoms with Gasteiger partial charge in [0.05, 0.1) is 22.7 Å². The van der Waals surface area contributed by atoms with E-state index in [9.17, 15) is 13.2 Å².